The van der Waals surface area contributed by atoms with Gasteiger partial charge in [0.05, 0.1) is 10.8 Å². The van der Waals surface area contributed by atoms with Gasteiger partial charge in [0.1, 0.15) is 5.52 Å². The van der Waals surface area contributed by atoms with Gasteiger partial charge in [-0.2, -0.15) is 0 Å². The fourth-order valence-corrected chi connectivity index (χ4v) is 1.83. The summed E-state index contributed by atoms with van der Waals surface area (Å²) < 4.78 is 27.3. The fraction of sp³-hybridized carbons (Fsp3) is 0.125. The van der Waals surface area contributed by atoms with Crippen LogP contribution in [0, 0.1) is 0 Å². The first-order valence-corrected chi connectivity index (χ1v) is 6.07. The number of halogens is 1. The van der Waals surface area contributed by atoms with Gasteiger partial charge < -0.3 is 4.42 Å². The van der Waals surface area contributed by atoms with Gasteiger partial charge in [0, 0.05) is 6.07 Å². The number of benzene rings is 1. The molecule has 0 saturated carbocycles. The number of fused-ring (bicyclic) bond motifs is 1. The third-order valence-electron chi connectivity index (χ3n) is 1.85. The molecule has 2 rings (SSSR count). The highest BCUT2D eigenvalue weighted by atomic mass is 35.5. The van der Waals surface area contributed by atoms with Gasteiger partial charge in [-0.15, -0.1) is 11.6 Å². The van der Waals surface area contributed by atoms with Gasteiger partial charge in [-0.25, -0.2) is 18.5 Å². The number of oxazole rings is 1. The second kappa shape index (κ2) is 3.48. The maximum Gasteiger partial charge on any atom is 0.238 e. The molecule has 2 aromatic rings. The lowest BCUT2D eigenvalue weighted by Gasteiger charge is -1.95. The van der Waals surface area contributed by atoms with Gasteiger partial charge >= 0.3 is 0 Å². The van der Waals surface area contributed by atoms with Crippen LogP contribution in [0.2, 0.25) is 0 Å². The molecule has 1 aromatic carbocycles. The number of nitrogens with zero attached hydrogens (tertiary/aromatic N) is 1. The van der Waals surface area contributed by atoms with E-state index < -0.39 is 10.0 Å². The Bertz CT molecular complexity index is 605. The van der Waals surface area contributed by atoms with E-state index in [0.29, 0.717) is 17.0 Å². The van der Waals surface area contributed by atoms with Crippen molar-refractivity contribution in [1.29, 1.82) is 0 Å². The zero-order valence-electron chi connectivity index (χ0n) is 7.47. The molecule has 0 amide bonds. The smallest absolute Gasteiger partial charge is 0.238 e. The monoisotopic (exact) mass is 246 g/mol. The highest BCUT2D eigenvalue weighted by Gasteiger charge is 2.11. The molecule has 1 heterocycles. The lowest BCUT2D eigenvalue weighted by atomic mass is 10.3. The molecule has 7 heteroatoms. The molecule has 15 heavy (non-hydrogen) atoms. The number of hydrogen-bond acceptors (Lipinski definition) is 4. The molecule has 0 spiro atoms. The Morgan fingerprint density at radius 3 is 2.80 bits per heavy atom. The van der Waals surface area contributed by atoms with Crippen molar-refractivity contribution in [1.82, 2.24) is 4.98 Å². The Hall–Kier alpha value is -1.11. The second-order valence-electron chi connectivity index (χ2n) is 2.92. The summed E-state index contributed by atoms with van der Waals surface area (Å²) in [4.78, 5) is 4.01. The fourth-order valence-electron chi connectivity index (χ4n) is 1.19. The molecule has 0 aliphatic heterocycles. The predicted octanol–water partition coefficient (Wildman–Crippen LogP) is 1.21. The van der Waals surface area contributed by atoms with Crippen LogP contribution in [-0.2, 0) is 15.9 Å². The SMILES string of the molecule is NS(=O)(=O)c1ccc2nc(CCl)oc2c1. The number of nitrogens with two attached hydrogens (primary N) is 1. The van der Waals surface area contributed by atoms with E-state index in [-0.39, 0.29) is 10.8 Å². The zero-order chi connectivity index (χ0) is 11.1. The summed E-state index contributed by atoms with van der Waals surface area (Å²) in [5, 5.41) is 4.97. The molecule has 0 saturated heterocycles. The summed E-state index contributed by atoms with van der Waals surface area (Å²) in [6.07, 6.45) is 0. The van der Waals surface area contributed by atoms with Crippen LogP contribution in [0.15, 0.2) is 27.5 Å². The van der Waals surface area contributed by atoms with E-state index in [2.05, 4.69) is 4.98 Å². The maximum absolute atomic E-state index is 11.0. The maximum atomic E-state index is 11.0. The van der Waals surface area contributed by atoms with Crippen LogP contribution in [0.25, 0.3) is 11.1 Å². The van der Waals surface area contributed by atoms with Crippen LogP contribution in [0.3, 0.4) is 0 Å². The van der Waals surface area contributed by atoms with Crippen LogP contribution in [0.1, 0.15) is 5.89 Å². The van der Waals surface area contributed by atoms with Gasteiger partial charge in [0.25, 0.3) is 0 Å². The molecule has 0 fully saturated rings. The first kappa shape index (κ1) is 10.4. The first-order valence-electron chi connectivity index (χ1n) is 3.99. The van der Waals surface area contributed by atoms with Crippen molar-refractivity contribution in [3.63, 3.8) is 0 Å². The number of alkyl halides is 1. The number of aromatic nitrogens is 1. The summed E-state index contributed by atoms with van der Waals surface area (Å²) in [7, 11) is -3.71. The molecule has 0 aliphatic rings. The largest absolute Gasteiger partial charge is 0.439 e. The second-order valence-corrected chi connectivity index (χ2v) is 4.74. The Morgan fingerprint density at radius 1 is 1.47 bits per heavy atom. The summed E-state index contributed by atoms with van der Waals surface area (Å²) in [6.45, 7) is 0. The van der Waals surface area contributed by atoms with Crippen molar-refractivity contribution in [3.8, 4) is 0 Å². The first-order chi connectivity index (χ1) is 7.00. The number of rotatable bonds is 2. The molecule has 0 aliphatic carbocycles. The third kappa shape index (κ3) is 1.97. The third-order valence-corrected chi connectivity index (χ3v) is 2.99. The minimum atomic E-state index is -3.71. The Balaban J connectivity index is 2.66. The summed E-state index contributed by atoms with van der Waals surface area (Å²) in [5.41, 5.74) is 0.912. The van der Waals surface area contributed by atoms with Gasteiger partial charge in [-0.1, -0.05) is 0 Å². The van der Waals surface area contributed by atoms with Gasteiger partial charge in [0.2, 0.25) is 15.9 Å². The van der Waals surface area contributed by atoms with Crippen LogP contribution >= 0.6 is 11.6 Å². The molecular formula is C8H7ClN2O3S. The Kier molecular flexibility index (Phi) is 2.41. The Morgan fingerprint density at radius 2 is 2.20 bits per heavy atom. The van der Waals surface area contributed by atoms with Crippen molar-refractivity contribution < 1.29 is 12.8 Å². The number of primary sulfonamides is 1. The average molecular weight is 247 g/mol. The Labute approximate surface area is 90.9 Å². The van der Waals surface area contributed by atoms with Crippen LogP contribution in [0.4, 0.5) is 0 Å². The van der Waals surface area contributed by atoms with E-state index in [1.165, 1.54) is 18.2 Å². The van der Waals surface area contributed by atoms with Gasteiger partial charge in [0.15, 0.2) is 5.58 Å². The lowest BCUT2D eigenvalue weighted by Crippen LogP contribution is -2.11. The standard InChI is InChI=1S/C8H7ClN2O3S/c9-4-8-11-6-2-1-5(15(10,12)13)3-7(6)14-8/h1-3H,4H2,(H2,10,12,13). The molecule has 2 N–H and O–H groups in total. The predicted molar refractivity (Wildman–Crippen MR) is 54.9 cm³/mol. The normalized spacial score (nSPS) is 12.1. The number of sulfonamides is 1. The molecule has 1 aromatic heterocycles. The number of hydrogen-bond donors (Lipinski definition) is 1. The lowest BCUT2D eigenvalue weighted by molar-refractivity contribution is 0.553. The van der Waals surface area contributed by atoms with Crippen LogP contribution in [0.5, 0.6) is 0 Å². The highest BCUT2D eigenvalue weighted by Crippen LogP contribution is 2.20. The summed E-state index contributed by atoms with van der Waals surface area (Å²) in [6, 6.07) is 4.22. The van der Waals surface area contributed by atoms with E-state index in [0.717, 1.165) is 0 Å². The van der Waals surface area contributed by atoms with Crippen molar-refractivity contribution in [2.24, 2.45) is 5.14 Å². The quantitative estimate of drug-likeness (QED) is 0.807. The molecule has 0 bridgehead atoms. The molecular weight excluding hydrogens is 240 g/mol. The average Bonchev–Trinajstić information content (AvgIpc) is 2.57. The van der Waals surface area contributed by atoms with E-state index in [1.807, 2.05) is 0 Å². The van der Waals surface area contributed by atoms with E-state index in [9.17, 15) is 8.42 Å². The molecule has 0 atom stereocenters. The van der Waals surface area contributed by atoms with E-state index >= 15 is 0 Å². The minimum Gasteiger partial charge on any atom is -0.439 e. The molecule has 0 unspecified atom stereocenters. The van der Waals surface area contributed by atoms with Crippen molar-refractivity contribution in [2.45, 2.75) is 10.8 Å². The van der Waals surface area contributed by atoms with Crippen molar-refractivity contribution >= 4 is 32.7 Å². The van der Waals surface area contributed by atoms with E-state index in [4.69, 9.17) is 21.2 Å². The van der Waals surface area contributed by atoms with Crippen LogP contribution < -0.4 is 5.14 Å². The molecule has 5 nitrogen and oxygen atoms in total. The highest BCUT2D eigenvalue weighted by molar-refractivity contribution is 7.89. The summed E-state index contributed by atoms with van der Waals surface area (Å²) in [5.74, 6) is 0.484. The van der Waals surface area contributed by atoms with Gasteiger partial charge in [-0.05, 0) is 12.1 Å². The molecule has 0 radical (unpaired) electrons. The van der Waals surface area contributed by atoms with Crippen molar-refractivity contribution in [2.75, 3.05) is 0 Å². The van der Waals surface area contributed by atoms with Crippen LogP contribution in [-0.4, -0.2) is 13.4 Å². The molecule has 80 valence electrons. The minimum absolute atomic E-state index is 0.00716. The van der Waals surface area contributed by atoms with Crippen molar-refractivity contribution in [3.05, 3.63) is 24.1 Å². The van der Waals surface area contributed by atoms with Gasteiger partial charge in [-0.3, -0.25) is 0 Å². The van der Waals surface area contributed by atoms with E-state index in [1.54, 1.807) is 0 Å². The summed E-state index contributed by atoms with van der Waals surface area (Å²) >= 11 is 5.53. The zero-order valence-corrected chi connectivity index (χ0v) is 9.05. The topological polar surface area (TPSA) is 86.2 Å².